The first-order valence-electron chi connectivity index (χ1n) is 11.2. The predicted octanol–water partition coefficient (Wildman–Crippen LogP) is 3.05. The molecule has 1 unspecified atom stereocenters. The minimum absolute atomic E-state index is 0.120. The van der Waals surface area contributed by atoms with E-state index in [9.17, 15) is 9.59 Å². The zero-order valence-electron chi connectivity index (χ0n) is 17.3. The van der Waals surface area contributed by atoms with E-state index in [4.69, 9.17) is 4.74 Å². The highest BCUT2D eigenvalue weighted by Gasteiger charge is 2.45. The Labute approximate surface area is 172 Å². The maximum Gasteiger partial charge on any atom is 0.410 e. The highest BCUT2D eigenvalue weighted by atomic mass is 16.6. The zero-order chi connectivity index (χ0) is 20.0. The minimum atomic E-state index is -0.120. The summed E-state index contributed by atoms with van der Waals surface area (Å²) in [6.45, 7) is 5.44. The number of para-hydroxylation sites is 1. The molecule has 0 aromatic heterocycles. The van der Waals surface area contributed by atoms with Gasteiger partial charge in [-0.3, -0.25) is 4.79 Å². The fourth-order valence-electron chi connectivity index (χ4n) is 6.17. The summed E-state index contributed by atoms with van der Waals surface area (Å²) in [6.07, 6.45) is 5.87. The van der Waals surface area contributed by atoms with Gasteiger partial charge in [0.05, 0.1) is 19.1 Å². The van der Waals surface area contributed by atoms with Gasteiger partial charge >= 0.3 is 6.09 Å². The maximum absolute atomic E-state index is 12.6. The van der Waals surface area contributed by atoms with Crippen LogP contribution >= 0.6 is 0 Å². The van der Waals surface area contributed by atoms with Crippen LogP contribution in [0.25, 0.3) is 0 Å². The molecule has 6 nitrogen and oxygen atoms in total. The fraction of sp³-hybridized carbons (Fsp3) is 0.652. The van der Waals surface area contributed by atoms with Crippen molar-refractivity contribution < 1.29 is 14.3 Å². The van der Waals surface area contributed by atoms with Crippen molar-refractivity contribution in [1.82, 2.24) is 9.80 Å². The first kappa shape index (κ1) is 18.9. The molecule has 4 heterocycles. The van der Waals surface area contributed by atoms with Gasteiger partial charge in [-0.05, 0) is 56.6 Å². The smallest absolute Gasteiger partial charge is 0.410 e. The second kappa shape index (κ2) is 7.63. The van der Waals surface area contributed by atoms with Crippen molar-refractivity contribution in [2.45, 2.75) is 63.6 Å². The van der Waals surface area contributed by atoms with Gasteiger partial charge in [-0.15, -0.1) is 0 Å². The molecule has 4 aliphatic heterocycles. The van der Waals surface area contributed by atoms with Crippen molar-refractivity contribution in [3.05, 3.63) is 29.8 Å². The predicted molar refractivity (Wildman–Crippen MR) is 111 cm³/mol. The number of hydrogen-bond acceptors (Lipinski definition) is 4. The Kier molecular flexibility index (Phi) is 4.98. The van der Waals surface area contributed by atoms with E-state index in [1.165, 1.54) is 5.56 Å². The van der Waals surface area contributed by atoms with E-state index in [1.807, 2.05) is 24.0 Å². The van der Waals surface area contributed by atoms with Crippen LogP contribution in [-0.4, -0.2) is 66.2 Å². The van der Waals surface area contributed by atoms with Gasteiger partial charge in [0.15, 0.2) is 0 Å². The Bertz CT molecular complexity index is 783. The van der Waals surface area contributed by atoms with Crippen LogP contribution in [0.4, 0.5) is 10.5 Å². The van der Waals surface area contributed by atoms with E-state index in [0.717, 1.165) is 57.4 Å². The molecule has 2 amide bonds. The third-order valence-corrected chi connectivity index (χ3v) is 7.30. The summed E-state index contributed by atoms with van der Waals surface area (Å²) >= 11 is 0. The van der Waals surface area contributed by atoms with E-state index in [-0.39, 0.29) is 12.0 Å². The van der Waals surface area contributed by atoms with Crippen LogP contribution in [0.3, 0.4) is 0 Å². The summed E-state index contributed by atoms with van der Waals surface area (Å²) in [5.74, 6) is 0.886. The van der Waals surface area contributed by atoms with Crippen molar-refractivity contribution in [2.75, 3.05) is 31.1 Å². The fourth-order valence-corrected chi connectivity index (χ4v) is 6.17. The molecule has 1 aromatic carbocycles. The molecule has 0 spiro atoms. The molecule has 4 atom stereocenters. The van der Waals surface area contributed by atoms with Gasteiger partial charge in [0.2, 0.25) is 5.91 Å². The summed E-state index contributed by atoms with van der Waals surface area (Å²) in [5.41, 5.74) is 2.28. The van der Waals surface area contributed by atoms with Crippen LogP contribution in [0, 0.1) is 5.92 Å². The van der Waals surface area contributed by atoms with E-state index >= 15 is 0 Å². The third-order valence-electron chi connectivity index (χ3n) is 7.30. The quantitative estimate of drug-likeness (QED) is 0.784. The minimum Gasteiger partial charge on any atom is -0.450 e. The molecule has 3 fully saturated rings. The molecule has 0 saturated carbocycles. The Balaban J connectivity index is 1.19. The van der Waals surface area contributed by atoms with Gasteiger partial charge in [0.25, 0.3) is 0 Å². The average molecular weight is 398 g/mol. The zero-order valence-corrected chi connectivity index (χ0v) is 17.3. The van der Waals surface area contributed by atoms with Crippen molar-refractivity contribution in [2.24, 2.45) is 5.92 Å². The molecule has 2 bridgehead atoms. The molecular formula is C23H31N3O3. The lowest BCUT2D eigenvalue weighted by Crippen LogP contribution is -2.48. The van der Waals surface area contributed by atoms with E-state index in [0.29, 0.717) is 37.1 Å². The van der Waals surface area contributed by atoms with Gasteiger partial charge in [0.1, 0.15) is 0 Å². The number of likely N-dealkylation sites (tertiary alicyclic amines) is 1. The molecule has 4 aliphatic rings. The summed E-state index contributed by atoms with van der Waals surface area (Å²) in [4.78, 5) is 31.5. The van der Waals surface area contributed by atoms with Gasteiger partial charge in [0, 0.05) is 37.4 Å². The number of ether oxygens (including phenoxy) is 1. The Hall–Kier alpha value is -2.08. The molecule has 29 heavy (non-hydrogen) atoms. The number of benzene rings is 1. The lowest BCUT2D eigenvalue weighted by molar-refractivity contribution is -0.117. The summed E-state index contributed by atoms with van der Waals surface area (Å²) in [6, 6.07) is 9.21. The Morgan fingerprint density at radius 2 is 1.86 bits per heavy atom. The topological polar surface area (TPSA) is 53.1 Å². The average Bonchev–Trinajstić information content (AvgIpc) is 3.35. The lowest BCUT2D eigenvalue weighted by atomic mass is 9.90. The second-order valence-electron chi connectivity index (χ2n) is 9.10. The van der Waals surface area contributed by atoms with Gasteiger partial charge < -0.3 is 19.4 Å². The number of carbonyl (C=O) groups is 2. The number of fused-ring (bicyclic) bond motifs is 3. The van der Waals surface area contributed by atoms with Gasteiger partial charge in [-0.25, -0.2) is 4.79 Å². The summed E-state index contributed by atoms with van der Waals surface area (Å²) < 4.78 is 5.28. The van der Waals surface area contributed by atoms with E-state index in [2.05, 4.69) is 21.9 Å². The molecule has 6 heteroatoms. The lowest BCUT2D eigenvalue weighted by Gasteiger charge is -2.39. The van der Waals surface area contributed by atoms with Crippen molar-refractivity contribution in [3.63, 3.8) is 0 Å². The molecular weight excluding hydrogens is 366 g/mol. The van der Waals surface area contributed by atoms with Crippen LogP contribution in [0.2, 0.25) is 0 Å². The maximum atomic E-state index is 12.6. The number of carbonyl (C=O) groups excluding carboxylic acids is 2. The van der Waals surface area contributed by atoms with Crippen molar-refractivity contribution in [3.8, 4) is 0 Å². The van der Waals surface area contributed by atoms with Gasteiger partial charge in [-0.2, -0.15) is 0 Å². The van der Waals surface area contributed by atoms with Crippen molar-refractivity contribution >= 4 is 17.7 Å². The number of nitrogens with zero attached hydrogens (tertiary/aromatic N) is 3. The van der Waals surface area contributed by atoms with E-state index < -0.39 is 0 Å². The Morgan fingerprint density at radius 1 is 1.10 bits per heavy atom. The number of hydrogen-bond donors (Lipinski definition) is 0. The molecule has 5 rings (SSSR count). The molecule has 0 aliphatic carbocycles. The molecule has 1 aromatic rings. The van der Waals surface area contributed by atoms with Crippen LogP contribution in [0.1, 0.15) is 44.6 Å². The number of anilines is 1. The van der Waals surface area contributed by atoms with E-state index in [1.54, 1.807) is 0 Å². The summed E-state index contributed by atoms with van der Waals surface area (Å²) in [7, 11) is 0. The van der Waals surface area contributed by atoms with Crippen LogP contribution in [0.15, 0.2) is 24.3 Å². The molecule has 0 radical (unpaired) electrons. The first-order chi connectivity index (χ1) is 14.1. The van der Waals surface area contributed by atoms with Gasteiger partial charge in [-0.1, -0.05) is 18.2 Å². The standard InChI is InChI=1S/C23H31N3O3/c1-2-29-23(28)25-18-7-8-19(25)12-16(11-18)14-24-10-9-20(15-24)26-21-6-4-3-5-17(21)13-22(26)27/h3-6,16,18-20H,2,7-15H2,1H3/t16?,18-,19+,20-/m0/s1. The number of piperidine rings is 1. The Morgan fingerprint density at radius 3 is 2.62 bits per heavy atom. The highest BCUT2D eigenvalue weighted by Crippen LogP contribution is 2.40. The molecule has 3 saturated heterocycles. The number of amides is 2. The van der Waals surface area contributed by atoms with Crippen LogP contribution < -0.4 is 4.90 Å². The second-order valence-corrected chi connectivity index (χ2v) is 9.10. The third kappa shape index (κ3) is 3.41. The van der Waals surface area contributed by atoms with Crippen LogP contribution in [0.5, 0.6) is 0 Å². The highest BCUT2D eigenvalue weighted by molar-refractivity contribution is 6.01. The molecule has 156 valence electrons. The monoisotopic (exact) mass is 397 g/mol. The largest absolute Gasteiger partial charge is 0.450 e. The normalized spacial score (nSPS) is 31.4. The van der Waals surface area contributed by atoms with Crippen LogP contribution in [-0.2, 0) is 16.0 Å². The van der Waals surface area contributed by atoms with Crippen molar-refractivity contribution in [1.29, 1.82) is 0 Å². The number of rotatable bonds is 4. The first-order valence-corrected chi connectivity index (χ1v) is 11.2. The summed E-state index contributed by atoms with van der Waals surface area (Å²) in [5, 5.41) is 0. The SMILES string of the molecule is CCOC(=O)N1[C@@H]2CC[C@H]1CC(CN1CC[C@H](N3C(=O)Cc4ccccc43)C1)C2. The molecule has 0 N–H and O–H groups in total.